The van der Waals surface area contributed by atoms with Gasteiger partial charge in [-0.25, -0.2) is 0 Å². The van der Waals surface area contributed by atoms with Crippen molar-refractivity contribution in [3.63, 3.8) is 0 Å². The van der Waals surface area contributed by atoms with Crippen LogP contribution >= 0.6 is 0 Å². The molecule has 0 saturated heterocycles. The predicted octanol–water partition coefficient (Wildman–Crippen LogP) is 2.43. The number of aliphatic hydroxyl groups is 1. The summed E-state index contributed by atoms with van der Waals surface area (Å²) >= 11 is 0. The van der Waals surface area contributed by atoms with Gasteiger partial charge in [-0.2, -0.15) is 8.78 Å². The van der Waals surface area contributed by atoms with Crippen LogP contribution in [0.4, 0.5) is 8.78 Å². The normalized spacial score (nSPS) is 12.9. The smallest absolute Gasteiger partial charge is 0.387 e. The number of alkyl halides is 2. The second kappa shape index (κ2) is 5.29. The lowest BCUT2D eigenvalue weighted by Gasteiger charge is -2.17. The van der Waals surface area contributed by atoms with Crippen LogP contribution < -0.4 is 10.5 Å². The summed E-state index contributed by atoms with van der Waals surface area (Å²) in [7, 11) is 0. The van der Waals surface area contributed by atoms with Gasteiger partial charge < -0.3 is 15.6 Å². The van der Waals surface area contributed by atoms with Crippen LogP contribution in [0.5, 0.6) is 5.75 Å². The molecular weight excluding hydrogens is 240 g/mol. The van der Waals surface area contributed by atoms with Crippen LogP contribution in [0.15, 0.2) is 36.4 Å². The Balaban J connectivity index is 2.63. The molecule has 0 saturated carbocycles. The summed E-state index contributed by atoms with van der Waals surface area (Å²) in [4.78, 5) is 0. The fourth-order valence-corrected chi connectivity index (χ4v) is 1.95. The highest BCUT2D eigenvalue weighted by Gasteiger charge is 2.17. The molecule has 3 N–H and O–H groups in total. The van der Waals surface area contributed by atoms with E-state index in [0.29, 0.717) is 10.9 Å². The molecule has 3 nitrogen and oxygen atoms in total. The minimum absolute atomic E-state index is 0.00486. The van der Waals surface area contributed by atoms with E-state index in [1.807, 2.05) is 12.1 Å². The van der Waals surface area contributed by atoms with Gasteiger partial charge in [-0.15, -0.1) is 0 Å². The summed E-state index contributed by atoms with van der Waals surface area (Å²) in [5.74, 6) is 0.00486. The third kappa shape index (κ3) is 2.42. The van der Waals surface area contributed by atoms with Gasteiger partial charge in [0.1, 0.15) is 5.75 Å². The molecule has 0 aromatic heterocycles. The first-order chi connectivity index (χ1) is 8.63. The van der Waals surface area contributed by atoms with Crippen LogP contribution in [0.25, 0.3) is 10.8 Å². The molecule has 18 heavy (non-hydrogen) atoms. The van der Waals surface area contributed by atoms with Crippen LogP contribution in [-0.4, -0.2) is 18.3 Å². The van der Waals surface area contributed by atoms with Crippen molar-refractivity contribution in [2.24, 2.45) is 5.73 Å². The summed E-state index contributed by atoms with van der Waals surface area (Å²) in [6.07, 6.45) is 0. The van der Waals surface area contributed by atoms with E-state index in [1.165, 1.54) is 6.07 Å². The Morgan fingerprint density at radius 3 is 2.56 bits per heavy atom. The van der Waals surface area contributed by atoms with Crippen molar-refractivity contribution in [2.75, 3.05) is 6.61 Å². The fraction of sp³-hybridized carbons (Fsp3) is 0.231. The van der Waals surface area contributed by atoms with Crippen molar-refractivity contribution in [3.05, 3.63) is 42.0 Å². The first-order valence-electron chi connectivity index (χ1n) is 5.46. The molecule has 0 heterocycles. The number of hydrogen-bond donors (Lipinski definition) is 2. The zero-order valence-electron chi connectivity index (χ0n) is 9.51. The summed E-state index contributed by atoms with van der Waals surface area (Å²) in [5.41, 5.74) is 6.16. The molecule has 0 fully saturated rings. The number of hydrogen-bond acceptors (Lipinski definition) is 3. The number of benzene rings is 2. The van der Waals surface area contributed by atoms with Gasteiger partial charge in [-0.05, 0) is 16.8 Å². The van der Waals surface area contributed by atoms with Gasteiger partial charge in [0.2, 0.25) is 0 Å². The van der Waals surface area contributed by atoms with Crippen LogP contribution in [0.1, 0.15) is 11.6 Å². The van der Waals surface area contributed by atoms with Crippen molar-refractivity contribution in [3.8, 4) is 5.75 Å². The molecule has 0 spiro atoms. The molecule has 0 aliphatic carbocycles. The Kier molecular flexibility index (Phi) is 3.74. The Morgan fingerprint density at radius 1 is 1.17 bits per heavy atom. The standard InChI is InChI=1S/C13H13F2NO2/c14-13(15)18-11-6-5-8-3-1-2-4-9(8)12(11)10(16)7-17/h1-6,10,13,17H,7,16H2/t10-/m0/s1. The predicted molar refractivity (Wildman–Crippen MR) is 64.6 cm³/mol. The molecule has 96 valence electrons. The highest BCUT2D eigenvalue weighted by Crippen LogP contribution is 2.32. The maximum absolute atomic E-state index is 12.3. The Hall–Kier alpha value is -1.72. The molecule has 5 heteroatoms. The lowest BCUT2D eigenvalue weighted by molar-refractivity contribution is -0.0506. The molecule has 0 radical (unpaired) electrons. The molecule has 0 aliphatic heterocycles. The number of fused-ring (bicyclic) bond motifs is 1. The molecular formula is C13H13F2NO2. The van der Waals surface area contributed by atoms with Crippen molar-refractivity contribution in [1.82, 2.24) is 0 Å². The van der Waals surface area contributed by atoms with E-state index in [4.69, 9.17) is 10.8 Å². The van der Waals surface area contributed by atoms with Gasteiger partial charge in [0.15, 0.2) is 0 Å². The second-order valence-corrected chi connectivity index (χ2v) is 3.87. The largest absolute Gasteiger partial charge is 0.434 e. The third-order valence-corrected chi connectivity index (χ3v) is 2.71. The number of ether oxygens (including phenoxy) is 1. The third-order valence-electron chi connectivity index (χ3n) is 2.71. The van der Waals surface area contributed by atoms with E-state index in [2.05, 4.69) is 4.74 Å². The highest BCUT2D eigenvalue weighted by molar-refractivity contribution is 5.88. The number of nitrogens with two attached hydrogens (primary N) is 1. The molecule has 0 bridgehead atoms. The van der Waals surface area contributed by atoms with Crippen molar-refractivity contribution >= 4 is 10.8 Å². The second-order valence-electron chi connectivity index (χ2n) is 3.87. The summed E-state index contributed by atoms with van der Waals surface area (Å²) in [5, 5.41) is 10.7. The Morgan fingerprint density at radius 2 is 1.89 bits per heavy atom. The van der Waals surface area contributed by atoms with Gasteiger partial charge in [0, 0.05) is 5.56 Å². The SMILES string of the molecule is N[C@@H](CO)c1c(OC(F)F)ccc2ccccc12. The van der Waals surface area contributed by atoms with E-state index in [9.17, 15) is 8.78 Å². The average molecular weight is 253 g/mol. The molecule has 1 atom stereocenters. The van der Waals surface area contributed by atoms with E-state index in [0.717, 1.165) is 5.39 Å². The highest BCUT2D eigenvalue weighted by atomic mass is 19.3. The first kappa shape index (κ1) is 12.7. The first-order valence-corrected chi connectivity index (χ1v) is 5.46. The molecule has 2 rings (SSSR count). The van der Waals surface area contributed by atoms with E-state index in [1.54, 1.807) is 18.2 Å². The van der Waals surface area contributed by atoms with E-state index in [-0.39, 0.29) is 12.4 Å². The van der Waals surface area contributed by atoms with Crippen molar-refractivity contribution in [1.29, 1.82) is 0 Å². The Bertz CT molecular complexity index is 546. The maximum atomic E-state index is 12.3. The molecule has 0 amide bonds. The number of rotatable bonds is 4. The Labute approximate surface area is 103 Å². The number of halogens is 2. The maximum Gasteiger partial charge on any atom is 0.387 e. The van der Waals surface area contributed by atoms with Crippen molar-refractivity contribution < 1.29 is 18.6 Å². The van der Waals surface area contributed by atoms with Crippen LogP contribution in [0.3, 0.4) is 0 Å². The lowest BCUT2D eigenvalue weighted by Crippen LogP contribution is -2.17. The lowest BCUT2D eigenvalue weighted by atomic mass is 9.98. The van der Waals surface area contributed by atoms with Gasteiger partial charge in [-0.3, -0.25) is 0 Å². The van der Waals surface area contributed by atoms with Crippen LogP contribution in [-0.2, 0) is 0 Å². The van der Waals surface area contributed by atoms with E-state index < -0.39 is 12.7 Å². The number of aliphatic hydroxyl groups excluding tert-OH is 1. The van der Waals surface area contributed by atoms with Gasteiger partial charge in [0.25, 0.3) is 0 Å². The summed E-state index contributed by atoms with van der Waals surface area (Å²) in [6.45, 7) is -3.26. The van der Waals surface area contributed by atoms with Gasteiger partial charge in [0.05, 0.1) is 12.6 Å². The zero-order chi connectivity index (χ0) is 13.1. The average Bonchev–Trinajstić information content (AvgIpc) is 2.37. The monoisotopic (exact) mass is 253 g/mol. The van der Waals surface area contributed by atoms with E-state index >= 15 is 0 Å². The summed E-state index contributed by atoms with van der Waals surface area (Å²) in [6, 6.07) is 9.59. The summed E-state index contributed by atoms with van der Waals surface area (Å²) < 4.78 is 29.1. The zero-order valence-corrected chi connectivity index (χ0v) is 9.51. The van der Waals surface area contributed by atoms with Gasteiger partial charge in [-0.1, -0.05) is 30.3 Å². The fourth-order valence-electron chi connectivity index (χ4n) is 1.95. The minimum Gasteiger partial charge on any atom is -0.434 e. The quantitative estimate of drug-likeness (QED) is 0.879. The van der Waals surface area contributed by atoms with Gasteiger partial charge >= 0.3 is 6.61 Å². The van der Waals surface area contributed by atoms with Crippen molar-refractivity contribution in [2.45, 2.75) is 12.7 Å². The molecule has 2 aromatic rings. The molecule has 2 aromatic carbocycles. The molecule has 0 aliphatic rings. The minimum atomic E-state index is -2.92. The van der Waals surface area contributed by atoms with Crippen LogP contribution in [0.2, 0.25) is 0 Å². The topological polar surface area (TPSA) is 55.5 Å². The molecule has 0 unspecified atom stereocenters. The van der Waals surface area contributed by atoms with Crippen LogP contribution in [0, 0.1) is 0 Å².